The minimum atomic E-state index is -0.0680. The quantitative estimate of drug-likeness (QED) is 0.870. The first-order valence-corrected chi connectivity index (χ1v) is 6.27. The van der Waals surface area contributed by atoms with E-state index in [-0.39, 0.29) is 5.91 Å². The number of hydrogen-bond donors (Lipinski definition) is 1. The third kappa shape index (κ3) is 3.09. The molecule has 0 saturated carbocycles. The Morgan fingerprint density at radius 3 is 2.47 bits per heavy atom. The maximum Gasteiger partial charge on any atom is 0.258 e. The summed E-state index contributed by atoms with van der Waals surface area (Å²) in [5.41, 5.74) is 1.42. The SMILES string of the molecule is COc1cccc(N(C)C(=O)c2ccc(S)cc2)c1. The van der Waals surface area contributed by atoms with Crippen molar-refractivity contribution in [3.05, 3.63) is 54.1 Å². The molecular weight excluding hydrogens is 258 g/mol. The lowest BCUT2D eigenvalue weighted by molar-refractivity contribution is 0.0993. The molecule has 4 heteroatoms. The Hall–Kier alpha value is -1.94. The summed E-state index contributed by atoms with van der Waals surface area (Å²) in [5, 5.41) is 0. The smallest absolute Gasteiger partial charge is 0.258 e. The topological polar surface area (TPSA) is 29.5 Å². The summed E-state index contributed by atoms with van der Waals surface area (Å²) < 4.78 is 5.16. The lowest BCUT2D eigenvalue weighted by Gasteiger charge is -2.18. The van der Waals surface area contributed by atoms with Crippen LogP contribution in [0.25, 0.3) is 0 Å². The van der Waals surface area contributed by atoms with E-state index in [4.69, 9.17) is 4.74 Å². The predicted octanol–water partition coefficient (Wildman–Crippen LogP) is 3.26. The van der Waals surface area contributed by atoms with Gasteiger partial charge >= 0.3 is 0 Å². The molecule has 98 valence electrons. The summed E-state index contributed by atoms with van der Waals surface area (Å²) in [4.78, 5) is 14.7. The van der Waals surface area contributed by atoms with Crippen LogP contribution in [-0.4, -0.2) is 20.1 Å². The van der Waals surface area contributed by atoms with Gasteiger partial charge in [-0.15, -0.1) is 12.6 Å². The van der Waals surface area contributed by atoms with Crippen molar-refractivity contribution in [3.8, 4) is 5.75 Å². The fourth-order valence-corrected chi connectivity index (χ4v) is 1.88. The van der Waals surface area contributed by atoms with Gasteiger partial charge in [-0.25, -0.2) is 0 Å². The normalized spacial score (nSPS) is 10.1. The molecule has 19 heavy (non-hydrogen) atoms. The Balaban J connectivity index is 2.25. The number of amides is 1. The summed E-state index contributed by atoms with van der Waals surface area (Å²) in [7, 11) is 3.35. The first kappa shape index (κ1) is 13.5. The summed E-state index contributed by atoms with van der Waals surface area (Å²) in [6.45, 7) is 0. The molecule has 0 aliphatic rings. The van der Waals surface area contributed by atoms with E-state index < -0.39 is 0 Å². The average molecular weight is 273 g/mol. The van der Waals surface area contributed by atoms with Gasteiger partial charge in [-0.05, 0) is 36.4 Å². The van der Waals surface area contributed by atoms with E-state index in [0.29, 0.717) is 5.56 Å². The highest BCUT2D eigenvalue weighted by atomic mass is 32.1. The van der Waals surface area contributed by atoms with Crippen LogP contribution in [0.5, 0.6) is 5.75 Å². The number of anilines is 1. The third-order valence-electron chi connectivity index (χ3n) is 2.86. The number of rotatable bonds is 3. The molecule has 0 unspecified atom stereocenters. The van der Waals surface area contributed by atoms with Crippen molar-refractivity contribution in [2.75, 3.05) is 19.1 Å². The van der Waals surface area contributed by atoms with Crippen LogP contribution >= 0.6 is 12.6 Å². The molecular formula is C15H15NO2S. The lowest BCUT2D eigenvalue weighted by Crippen LogP contribution is -2.26. The molecule has 0 heterocycles. The van der Waals surface area contributed by atoms with Crippen molar-refractivity contribution < 1.29 is 9.53 Å². The van der Waals surface area contributed by atoms with E-state index >= 15 is 0 Å². The molecule has 0 N–H and O–H groups in total. The molecule has 2 aromatic rings. The van der Waals surface area contributed by atoms with Crippen molar-refractivity contribution in [2.24, 2.45) is 0 Å². The molecule has 0 fully saturated rings. The molecule has 0 aliphatic carbocycles. The zero-order chi connectivity index (χ0) is 13.8. The van der Waals surface area contributed by atoms with E-state index in [2.05, 4.69) is 12.6 Å². The van der Waals surface area contributed by atoms with Gasteiger partial charge in [-0.1, -0.05) is 6.07 Å². The minimum Gasteiger partial charge on any atom is -0.497 e. The van der Waals surface area contributed by atoms with Crippen LogP contribution in [0.2, 0.25) is 0 Å². The number of carbonyl (C=O) groups is 1. The molecule has 3 nitrogen and oxygen atoms in total. The largest absolute Gasteiger partial charge is 0.497 e. The van der Waals surface area contributed by atoms with Gasteiger partial charge in [0, 0.05) is 29.3 Å². The second-order valence-electron chi connectivity index (χ2n) is 4.11. The number of hydrogen-bond acceptors (Lipinski definition) is 3. The first-order chi connectivity index (χ1) is 9.11. The molecule has 0 spiro atoms. The van der Waals surface area contributed by atoms with Crippen molar-refractivity contribution in [1.29, 1.82) is 0 Å². The van der Waals surface area contributed by atoms with Gasteiger partial charge in [-0.2, -0.15) is 0 Å². The highest BCUT2D eigenvalue weighted by Gasteiger charge is 2.13. The van der Waals surface area contributed by atoms with Crippen LogP contribution in [-0.2, 0) is 0 Å². The first-order valence-electron chi connectivity index (χ1n) is 5.83. The van der Waals surface area contributed by atoms with Gasteiger partial charge in [0.1, 0.15) is 5.75 Å². The summed E-state index contributed by atoms with van der Waals surface area (Å²) >= 11 is 4.21. The number of carbonyl (C=O) groups excluding carboxylic acids is 1. The minimum absolute atomic E-state index is 0.0680. The van der Waals surface area contributed by atoms with Crippen LogP contribution in [0.15, 0.2) is 53.4 Å². The molecule has 0 atom stereocenters. The lowest BCUT2D eigenvalue weighted by atomic mass is 10.2. The summed E-state index contributed by atoms with van der Waals surface area (Å²) in [5.74, 6) is 0.657. The van der Waals surface area contributed by atoms with E-state index in [9.17, 15) is 4.79 Å². The van der Waals surface area contributed by atoms with Crippen LogP contribution in [0, 0.1) is 0 Å². The van der Waals surface area contributed by atoms with Crippen LogP contribution in [0.4, 0.5) is 5.69 Å². The van der Waals surface area contributed by atoms with Crippen molar-refractivity contribution in [1.82, 2.24) is 0 Å². The van der Waals surface area contributed by atoms with Gasteiger partial charge in [0.25, 0.3) is 5.91 Å². The van der Waals surface area contributed by atoms with E-state index in [1.54, 1.807) is 43.3 Å². The fourth-order valence-electron chi connectivity index (χ4n) is 1.73. The highest BCUT2D eigenvalue weighted by molar-refractivity contribution is 7.80. The van der Waals surface area contributed by atoms with Crippen molar-refractivity contribution >= 4 is 24.2 Å². The molecule has 0 aliphatic heterocycles. The Morgan fingerprint density at radius 2 is 1.84 bits per heavy atom. The van der Waals surface area contributed by atoms with Crippen LogP contribution in [0.3, 0.4) is 0 Å². The molecule has 0 saturated heterocycles. The second kappa shape index (κ2) is 5.80. The molecule has 0 aromatic heterocycles. The molecule has 0 radical (unpaired) electrons. The van der Waals surface area contributed by atoms with Crippen molar-refractivity contribution in [2.45, 2.75) is 4.90 Å². The summed E-state index contributed by atoms with van der Waals surface area (Å²) in [6, 6.07) is 14.5. The monoisotopic (exact) mass is 273 g/mol. The number of ether oxygens (including phenoxy) is 1. The number of benzene rings is 2. The van der Waals surface area contributed by atoms with E-state index in [1.165, 1.54) is 0 Å². The Bertz CT molecular complexity index is 581. The van der Waals surface area contributed by atoms with Gasteiger partial charge in [0.2, 0.25) is 0 Å². The van der Waals surface area contributed by atoms with Gasteiger partial charge in [0.15, 0.2) is 0 Å². The standard InChI is InChI=1S/C15H15NO2S/c1-16(12-4-3-5-13(10-12)18-2)15(17)11-6-8-14(19)9-7-11/h3-10,19H,1-2H3. The van der Waals surface area contributed by atoms with Crippen LogP contribution in [0.1, 0.15) is 10.4 Å². The Kier molecular flexibility index (Phi) is 4.12. The van der Waals surface area contributed by atoms with Crippen LogP contribution < -0.4 is 9.64 Å². The summed E-state index contributed by atoms with van der Waals surface area (Å²) in [6.07, 6.45) is 0. The van der Waals surface area contributed by atoms with Gasteiger partial charge in [0.05, 0.1) is 7.11 Å². The molecule has 2 aromatic carbocycles. The molecule has 1 amide bonds. The average Bonchev–Trinajstić information content (AvgIpc) is 2.46. The zero-order valence-corrected chi connectivity index (χ0v) is 11.7. The predicted molar refractivity (Wildman–Crippen MR) is 79.4 cm³/mol. The number of nitrogens with zero attached hydrogens (tertiary/aromatic N) is 1. The van der Waals surface area contributed by atoms with Gasteiger partial charge < -0.3 is 9.64 Å². The molecule has 2 rings (SSSR count). The number of thiol groups is 1. The van der Waals surface area contributed by atoms with Gasteiger partial charge in [-0.3, -0.25) is 4.79 Å². The highest BCUT2D eigenvalue weighted by Crippen LogP contribution is 2.21. The maximum atomic E-state index is 12.3. The Morgan fingerprint density at radius 1 is 1.16 bits per heavy atom. The molecule has 0 bridgehead atoms. The fraction of sp³-hybridized carbons (Fsp3) is 0.133. The van der Waals surface area contributed by atoms with E-state index in [0.717, 1.165) is 16.3 Å². The Labute approximate surface area is 118 Å². The second-order valence-corrected chi connectivity index (χ2v) is 4.63. The van der Waals surface area contributed by atoms with E-state index in [1.807, 2.05) is 24.3 Å². The third-order valence-corrected chi connectivity index (χ3v) is 3.16. The zero-order valence-electron chi connectivity index (χ0n) is 10.8. The maximum absolute atomic E-state index is 12.3. The van der Waals surface area contributed by atoms with Crippen molar-refractivity contribution in [3.63, 3.8) is 0 Å². The number of methoxy groups -OCH3 is 1.